The van der Waals surface area contributed by atoms with E-state index in [1.807, 2.05) is 18.2 Å². The van der Waals surface area contributed by atoms with E-state index in [1.165, 1.54) is 0 Å². The molecular formula is C18H28O3. The van der Waals surface area contributed by atoms with E-state index in [0.29, 0.717) is 11.3 Å². The highest BCUT2D eigenvalue weighted by atomic mass is 16.5. The van der Waals surface area contributed by atoms with E-state index in [4.69, 9.17) is 9.47 Å². The number of methoxy groups -OCH3 is 2. The summed E-state index contributed by atoms with van der Waals surface area (Å²) in [5.41, 5.74) is 0.359. The van der Waals surface area contributed by atoms with Crippen molar-refractivity contribution in [2.24, 2.45) is 11.3 Å². The number of hydrogen-bond donors (Lipinski definition) is 1. The van der Waals surface area contributed by atoms with Crippen molar-refractivity contribution < 1.29 is 14.6 Å². The molecule has 1 aliphatic carbocycles. The lowest BCUT2D eigenvalue weighted by Gasteiger charge is -2.42. The molecule has 0 bridgehead atoms. The van der Waals surface area contributed by atoms with Gasteiger partial charge in [0.1, 0.15) is 11.5 Å². The van der Waals surface area contributed by atoms with Crippen LogP contribution in [0.25, 0.3) is 0 Å². The average Bonchev–Trinajstić information content (AvgIpc) is 2.46. The fourth-order valence-corrected chi connectivity index (χ4v) is 3.41. The lowest BCUT2D eigenvalue weighted by molar-refractivity contribution is -0.0313. The average molecular weight is 292 g/mol. The second-order valence-corrected chi connectivity index (χ2v) is 7.24. The first-order valence-electron chi connectivity index (χ1n) is 7.75. The molecule has 118 valence electrons. The molecule has 1 saturated carbocycles. The molecule has 0 spiro atoms. The third-order valence-corrected chi connectivity index (χ3v) is 4.95. The molecule has 0 unspecified atom stereocenters. The smallest absolute Gasteiger partial charge is 0.125 e. The van der Waals surface area contributed by atoms with Crippen LogP contribution < -0.4 is 9.47 Å². The summed E-state index contributed by atoms with van der Waals surface area (Å²) in [5, 5.41) is 11.1. The summed E-state index contributed by atoms with van der Waals surface area (Å²) in [5.74, 6) is 2.17. The van der Waals surface area contributed by atoms with E-state index in [1.54, 1.807) is 14.2 Å². The van der Waals surface area contributed by atoms with E-state index in [0.717, 1.165) is 42.7 Å². The van der Waals surface area contributed by atoms with Gasteiger partial charge in [-0.05, 0) is 55.2 Å². The van der Waals surface area contributed by atoms with Gasteiger partial charge in [-0.2, -0.15) is 0 Å². The normalized spacial score (nSPS) is 26.5. The highest BCUT2D eigenvalue weighted by molar-refractivity contribution is 5.44. The van der Waals surface area contributed by atoms with E-state index < -0.39 is 5.60 Å². The van der Waals surface area contributed by atoms with Crippen LogP contribution in [-0.4, -0.2) is 19.3 Å². The van der Waals surface area contributed by atoms with Gasteiger partial charge in [0.2, 0.25) is 0 Å². The molecule has 1 aromatic carbocycles. The van der Waals surface area contributed by atoms with Crippen molar-refractivity contribution in [3.8, 4) is 11.5 Å². The largest absolute Gasteiger partial charge is 0.497 e. The van der Waals surface area contributed by atoms with Crippen molar-refractivity contribution in [3.05, 3.63) is 23.8 Å². The fourth-order valence-electron chi connectivity index (χ4n) is 3.41. The van der Waals surface area contributed by atoms with Crippen molar-refractivity contribution in [1.29, 1.82) is 0 Å². The molecule has 0 aliphatic heterocycles. The minimum atomic E-state index is -0.804. The Morgan fingerprint density at radius 1 is 1.10 bits per heavy atom. The maximum absolute atomic E-state index is 11.1. The van der Waals surface area contributed by atoms with Crippen molar-refractivity contribution in [2.75, 3.05) is 14.2 Å². The molecule has 1 aromatic rings. The van der Waals surface area contributed by atoms with Crippen molar-refractivity contribution >= 4 is 0 Å². The van der Waals surface area contributed by atoms with Gasteiger partial charge in [0.25, 0.3) is 0 Å². The molecule has 0 saturated heterocycles. The Morgan fingerprint density at radius 3 is 2.19 bits per heavy atom. The Labute approximate surface area is 128 Å². The van der Waals surface area contributed by atoms with Crippen LogP contribution in [0.5, 0.6) is 11.5 Å². The van der Waals surface area contributed by atoms with E-state index >= 15 is 0 Å². The van der Waals surface area contributed by atoms with Crippen LogP contribution in [0.3, 0.4) is 0 Å². The van der Waals surface area contributed by atoms with Gasteiger partial charge in [-0.3, -0.25) is 0 Å². The molecule has 1 aliphatic rings. The van der Waals surface area contributed by atoms with Crippen LogP contribution in [0.2, 0.25) is 0 Å². The monoisotopic (exact) mass is 292 g/mol. The number of rotatable bonds is 3. The zero-order valence-corrected chi connectivity index (χ0v) is 13.9. The zero-order valence-electron chi connectivity index (χ0n) is 13.9. The molecule has 0 amide bonds. The Bertz CT molecular complexity index is 480. The van der Waals surface area contributed by atoms with Gasteiger partial charge in [0, 0.05) is 5.56 Å². The minimum Gasteiger partial charge on any atom is -0.497 e. The Kier molecular flexibility index (Phi) is 4.52. The summed E-state index contributed by atoms with van der Waals surface area (Å²) in [6, 6.07) is 5.66. The summed E-state index contributed by atoms with van der Waals surface area (Å²) in [4.78, 5) is 0. The topological polar surface area (TPSA) is 38.7 Å². The highest BCUT2D eigenvalue weighted by Gasteiger charge is 2.40. The second-order valence-electron chi connectivity index (χ2n) is 7.24. The first-order chi connectivity index (χ1) is 9.80. The molecule has 0 aromatic heterocycles. The van der Waals surface area contributed by atoms with E-state index in [2.05, 4.69) is 20.8 Å². The number of ether oxygens (including phenoxy) is 2. The predicted molar refractivity (Wildman–Crippen MR) is 84.9 cm³/mol. The lowest BCUT2D eigenvalue weighted by atomic mass is 9.67. The number of aliphatic hydroxyl groups is 1. The SMILES string of the molecule is COc1ccc(OC)c(C2(O)CCC(C(C)(C)C)CC2)c1. The molecule has 2 rings (SSSR count). The molecule has 21 heavy (non-hydrogen) atoms. The molecule has 1 N–H and O–H groups in total. The maximum atomic E-state index is 11.1. The first-order valence-corrected chi connectivity index (χ1v) is 7.75. The third-order valence-electron chi connectivity index (χ3n) is 4.95. The van der Waals surface area contributed by atoms with Crippen LogP contribution in [0.4, 0.5) is 0 Å². The van der Waals surface area contributed by atoms with Gasteiger partial charge in [0.15, 0.2) is 0 Å². The molecular weight excluding hydrogens is 264 g/mol. The predicted octanol–water partition coefficient (Wildman–Crippen LogP) is 4.13. The molecule has 0 atom stereocenters. The Balaban J connectivity index is 2.26. The van der Waals surface area contributed by atoms with Crippen LogP contribution in [0.1, 0.15) is 52.0 Å². The van der Waals surface area contributed by atoms with Gasteiger partial charge in [-0.25, -0.2) is 0 Å². The van der Waals surface area contributed by atoms with Gasteiger partial charge in [-0.1, -0.05) is 20.8 Å². The quantitative estimate of drug-likeness (QED) is 0.910. The summed E-state index contributed by atoms with van der Waals surface area (Å²) in [6.45, 7) is 6.86. The third kappa shape index (κ3) is 3.34. The highest BCUT2D eigenvalue weighted by Crippen LogP contribution is 2.48. The molecule has 0 radical (unpaired) electrons. The zero-order chi connectivity index (χ0) is 15.7. The van der Waals surface area contributed by atoms with Crippen LogP contribution in [0.15, 0.2) is 18.2 Å². The number of benzene rings is 1. The number of hydrogen-bond acceptors (Lipinski definition) is 3. The van der Waals surface area contributed by atoms with Gasteiger partial charge >= 0.3 is 0 Å². The molecule has 3 heteroatoms. The van der Waals surface area contributed by atoms with Crippen LogP contribution in [-0.2, 0) is 5.60 Å². The molecule has 3 nitrogen and oxygen atoms in total. The summed E-state index contributed by atoms with van der Waals surface area (Å²) < 4.78 is 10.7. The van der Waals surface area contributed by atoms with Crippen LogP contribution in [0, 0.1) is 11.3 Å². The second kappa shape index (κ2) is 5.88. The van der Waals surface area contributed by atoms with Gasteiger partial charge < -0.3 is 14.6 Å². The molecule has 1 fully saturated rings. The fraction of sp³-hybridized carbons (Fsp3) is 0.667. The van der Waals surface area contributed by atoms with E-state index in [-0.39, 0.29) is 0 Å². The first kappa shape index (κ1) is 16.2. The van der Waals surface area contributed by atoms with Crippen molar-refractivity contribution in [2.45, 2.75) is 52.1 Å². The Hall–Kier alpha value is -1.22. The summed E-state index contributed by atoms with van der Waals surface area (Å²) >= 11 is 0. The maximum Gasteiger partial charge on any atom is 0.125 e. The lowest BCUT2D eigenvalue weighted by Crippen LogP contribution is -2.35. The molecule has 0 heterocycles. The van der Waals surface area contributed by atoms with Crippen molar-refractivity contribution in [3.63, 3.8) is 0 Å². The van der Waals surface area contributed by atoms with Gasteiger partial charge in [0.05, 0.1) is 19.8 Å². The minimum absolute atomic E-state index is 0.305. The van der Waals surface area contributed by atoms with Crippen molar-refractivity contribution in [1.82, 2.24) is 0 Å². The standard InChI is InChI=1S/C18H28O3/c1-17(2,3)13-8-10-18(19,11-9-13)15-12-14(20-4)6-7-16(15)21-5/h6-7,12-13,19H,8-11H2,1-5H3. The summed E-state index contributed by atoms with van der Waals surface area (Å²) in [7, 11) is 3.29. The van der Waals surface area contributed by atoms with E-state index in [9.17, 15) is 5.11 Å². The van der Waals surface area contributed by atoms with Gasteiger partial charge in [-0.15, -0.1) is 0 Å². The Morgan fingerprint density at radius 2 is 1.71 bits per heavy atom. The summed E-state index contributed by atoms with van der Waals surface area (Å²) in [6.07, 6.45) is 3.64. The van der Waals surface area contributed by atoms with Crippen LogP contribution >= 0.6 is 0 Å².